The van der Waals surface area contributed by atoms with Crippen LogP contribution >= 0.6 is 0 Å². The summed E-state index contributed by atoms with van der Waals surface area (Å²) in [7, 11) is 0. The first-order chi connectivity index (χ1) is 19.5. The Morgan fingerprint density at radius 2 is 1.82 bits per heavy atom. The summed E-state index contributed by atoms with van der Waals surface area (Å²) in [5, 5.41) is 8.40. The normalized spacial score (nSPS) is 23.2. The van der Waals surface area contributed by atoms with Crippen molar-refractivity contribution in [1.29, 1.82) is 0 Å². The van der Waals surface area contributed by atoms with E-state index in [4.69, 9.17) is 15.8 Å². The zero-order valence-electron chi connectivity index (χ0n) is 22.8. The Kier molecular flexibility index (Phi) is 5.44. The summed E-state index contributed by atoms with van der Waals surface area (Å²) in [6, 6.07) is 13.0. The average Bonchev–Trinajstić information content (AvgIpc) is 3.26. The number of hydrogen-bond donors (Lipinski definition) is 3. The highest BCUT2D eigenvalue weighted by molar-refractivity contribution is 5.80. The molecule has 9 nitrogen and oxygen atoms in total. The van der Waals surface area contributed by atoms with E-state index in [1.807, 2.05) is 6.20 Å². The first-order valence-electron chi connectivity index (χ1n) is 14.8. The van der Waals surface area contributed by atoms with Gasteiger partial charge in [-0.1, -0.05) is 24.3 Å². The summed E-state index contributed by atoms with van der Waals surface area (Å²) in [4.78, 5) is 30.9. The summed E-state index contributed by atoms with van der Waals surface area (Å²) in [6.07, 6.45) is 9.36. The number of piperidine rings is 1. The standard InChI is InChI=1S/C31H36N8O/c32-25-23-6-2-1-5-20(23)18-30(25)10-15-39(16-11-30)29-34-27-24(28(40)35-29)26(36-37-27)31(8-9-31)21-7-12-33-22(17-21)19-38-13-3-4-14-38/h1-2,5-7,12,17,25H,3-4,8-11,13-16,18-19,32H2,(H2,34,35,36,37,40)/t25-/m1/s1. The van der Waals surface area contributed by atoms with Crippen LogP contribution in [0.3, 0.4) is 0 Å². The summed E-state index contributed by atoms with van der Waals surface area (Å²) in [6.45, 7) is 4.80. The number of aromatic amines is 2. The van der Waals surface area contributed by atoms with Crippen LogP contribution in [0.2, 0.25) is 0 Å². The Morgan fingerprint density at radius 1 is 1.02 bits per heavy atom. The summed E-state index contributed by atoms with van der Waals surface area (Å²) < 4.78 is 0. The number of likely N-dealkylation sites (tertiary alicyclic amines) is 1. The minimum absolute atomic E-state index is 0.0642. The van der Waals surface area contributed by atoms with Gasteiger partial charge in [-0.2, -0.15) is 10.1 Å². The van der Waals surface area contributed by atoms with Crippen molar-refractivity contribution in [2.75, 3.05) is 31.1 Å². The van der Waals surface area contributed by atoms with Gasteiger partial charge in [0, 0.05) is 37.3 Å². The molecule has 1 saturated carbocycles. The molecule has 2 saturated heterocycles. The molecule has 8 rings (SSSR count). The van der Waals surface area contributed by atoms with E-state index in [-0.39, 0.29) is 22.4 Å². The molecule has 1 aromatic carbocycles. The fourth-order valence-electron chi connectivity index (χ4n) is 7.71. The molecule has 4 aromatic rings. The van der Waals surface area contributed by atoms with Crippen LogP contribution in [0.1, 0.15) is 72.6 Å². The number of nitrogens with two attached hydrogens (primary N) is 1. The van der Waals surface area contributed by atoms with Gasteiger partial charge in [-0.15, -0.1) is 0 Å². The van der Waals surface area contributed by atoms with Crippen molar-refractivity contribution in [3.8, 4) is 0 Å². The molecule has 1 atom stereocenters. The molecule has 2 aliphatic carbocycles. The van der Waals surface area contributed by atoms with E-state index in [2.05, 4.69) is 61.3 Å². The van der Waals surface area contributed by atoms with E-state index < -0.39 is 0 Å². The molecule has 0 radical (unpaired) electrons. The molecule has 0 amide bonds. The van der Waals surface area contributed by atoms with Crippen molar-refractivity contribution >= 4 is 17.0 Å². The van der Waals surface area contributed by atoms with Crippen molar-refractivity contribution in [3.63, 3.8) is 0 Å². The molecular weight excluding hydrogens is 500 g/mol. The Bertz CT molecular complexity index is 1640. The monoisotopic (exact) mass is 536 g/mol. The van der Waals surface area contributed by atoms with Gasteiger partial charge in [0.1, 0.15) is 5.39 Å². The lowest BCUT2D eigenvalue weighted by Crippen LogP contribution is -2.45. The van der Waals surface area contributed by atoms with Crippen molar-refractivity contribution in [1.82, 2.24) is 30.0 Å². The number of hydrogen-bond acceptors (Lipinski definition) is 7. The van der Waals surface area contributed by atoms with E-state index in [0.29, 0.717) is 17.0 Å². The Morgan fingerprint density at radius 3 is 2.60 bits per heavy atom. The van der Waals surface area contributed by atoms with Crippen LogP contribution < -0.4 is 16.2 Å². The van der Waals surface area contributed by atoms with E-state index in [0.717, 1.165) is 76.2 Å². The molecule has 3 fully saturated rings. The van der Waals surface area contributed by atoms with Crippen LogP contribution in [0.25, 0.3) is 11.0 Å². The Balaban J connectivity index is 1.05. The molecule has 5 heterocycles. The largest absolute Gasteiger partial charge is 0.342 e. The number of benzene rings is 1. The number of pyridine rings is 1. The molecule has 206 valence electrons. The maximum absolute atomic E-state index is 13.6. The lowest BCUT2D eigenvalue weighted by atomic mass is 9.73. The Labute approximate surface area is 233 Å². The van der Waals surface area contributed by atoms with Gasteiger partial charge >= 0.3 is 0 Å². The van der Waals surface area contributed by atoms with Gasteiger partial charge in [-0.3, -0.25) is 24.8 Å². The van der Waals surface area contributed by atoms with Gasteiger partial charge in [0.15, 0.2) is 5.65 Å². The smallest absolute Gasteiger partial charge is 0.263 e. The lowest BCUT2D eigenvalue weighted by Gasteiger charge is -2.42. The molecule has 2 aliphatic heterocycles. The van der Waals surface area contributed by atoms with E-state index >= 15 is 0 Å². The van der Waals surface area contributed by atoms with Crippen LogP contribution in [0.4, 0.5) is 5.95 Å². The summed E-state index contributed by atoms with van der Waals surface area (Å²) >= 11 is 0. The van der Waals surface area contributed by atoms with Crippen LogP contribution in [-0.2, 0) is 18.4 Å². The molecule has 0 bridgehead atoms. The predicted molar refractivity (Wildman–Crippen MR) is 154 cm³/mol. The minimum atomic E-state index is -0.248. The second-order valence-electron chi connectivity index (χ2n) is 12.5. The van der Waals surface area contributed by atoms with Crippen LogP contribution in [0.15, 0.2) is 47.4 Å². The number of aromatic nitrogens is 5. The molecule has 4 N–H and O–H groups in total. The molecule has 1 spiro atoms. The second kappa shape index (κ2) is 8.97. The maximum Gasteiger partial charge on any atom is 0.263 e. The molecule has 0 unspecified atom stereocenters. The SMILES string of the molecule is N[C@@H]1c2ccccc2CC12CCN(c1nc3[nH]nc(C4(c5ccnc(CN6CCCC6)c5)CC4)c3c(=O)[nH]1)CC2. The highest BCUT2D eigenvalue weighted by Crippen LogP contribution is 2.54. The first-order valence-corrected chi connectivity index (χ1v) is 14.8. The van der Waals surface area contributed by atoms with E-state index in [1.54, 1.807) is 0 Å². The quantitative estimate of drug-likeness (QED) is 0.357. The van der Waals surface area contributed by atoms with Gasteiger partial charge in [-0.05, 0) is 92.3 Å². The van der Waals surface area contributed by atoms with E-state index in [9.17, 15) is 4.79 Å². The highest BCUT2D eigenvalue weighted by atomic mass is 16.1. The molecule has 40 heavy (non-hydrogen) atoms. The van der Waals surface area contributed by atoms with Crippen LogP contribution in [0.5, 0.6) is 0 Å². The van der Waals surface area contributed by atoms with Crippen molar-refractivity contribution in [3.05, 3.63) is 81.0 Å². The second-order valence-corrected chi connectivity index (χ2v) is 12.5. The zero-order valence-corrected chi connectivity index (χ0v) is 22.8. The summed E-state index contributed by atoms with van der Waals surface area (Å²) in [5.74, 6) is 0.619. The van der Waals surface area contributed by atoms with Crippen molar-refractivity contribution < 1.29 is 0 Å². The third-order valence-electron chi connectivity index (χ3n) is 10.2. The van der Waals surface area contributed by atoms with Gasteiger partial charge in [0.2, 0.25) is 5.95 Å². The molecular formula is C31H36N8O. The topological polar surface area (TPSA) is 120 Å². The zero-order chi connectivity index (χ0) is 26.9. The van der Waals surface area contributed by atoms with E-state index in [1.165, 1.54) is 29.5 Å². The fraction of sp³-hybridized carbons (Fsp3) is 0.484. The summed E-state index contributed by atoms with van der Waals surface area (Å²) in [5.41, 5.74) is 12.8. The minimum Gasteiger partial charge on any atom is -0.342 e. The number of nitrogens with one attached hydrogen (secondary N) is 2. The number of H-pyrrole nitrogens is 2. The van der Waals surface area contributed by atoms with Gasteiger partial charge < -0.3 is 10.6 Å². The third-order valence-corrected chi connectivity index (χ3v) is 10.2. The highest BCUT2D eigenvalue weighted by Gasteiger charge is 2.50. The number of anilines is 1. The van der Waals surface area contributed by atoms with Crippen molar-refractivity contribution in [2.45, 2.75) is 62.9 Å². The van der Waals surface area contributed by atoms with Gasteiger partial charge in [-0.25, -0.2) is 0 Å². The Hall–Kier alpha value is -3.56. The van der Waals surface area contributed by atoms with Gasteiger partial charge in [0.25, 0.3) is 5.56 Å². The average molecular weight is 537 g/mol. The number of rotatable bonds is 5. The molecule has 3 aromatic heterocycles. The fourth-order valence-corrected chi connectivity index (χ4v) is 7.71. The number of nitrogens with zero attached hydrogens (tertiary/aromatic N) is 5. The van der Waals surface area contributed by atoms with Gasteiger partial charge in [0.05, 0.1) is 11.4 Å². The molecule has 9 heteroatoms. The predicted octanol–water partition coefficient (Wildman–Crippen LogP) is 3.56. The molecule has 4 aliphatic rings. The number of fused-ring (bicyclic) bond motifs is 2. The maximum atomic E-state index is 13.6. The lowest BCUT2D eigenvalue weighted by molar-refractivity contribution is 0.187. The first kappa shape index (κ1) is 24.3. The third kappa shape index (κ3) is 3.74. The van der Waals surface area contributed by atoms with Crippen LogP contribution in [0, 0.1) is 5.41 Å². The van der Waals surface area contributed by atoms with Crippen LogP contribution in [-0.4, -0.2) is 56.2 Å². The van der Waals surface area contributed by atoms with Crippen molar-refractivity contribution in [2.24, 2.45) is 11.1 Å².